The van der Waals surface area contributed by atoms with Crippen molar-refractivity contribution < 1.29 is 35.5 Å². The van der Waals surface area contributed by atoms with Crippen molar-refractivity contribution in [2.24, 2.45) is 17.8 Å². The quantitative estimate of drug-likeness (QED) is 0.459. The van der Waals surface area contributed by atoms with E-state index in [2.05, 4.69) is 20.1 Å². The average Bonchev–Trinajstić information content (AvgIpc) is 3.29. The van der Waals surface area contributed by atoms with Gasteiger partial charge in [-0.2, -0.15) is 31.4 Å². The number of piperidine rings is 1. The SMILES string of the molecule is Cc1ncnc(N2C[C@H]3CC[C@@H](C2)C3Cc2nc3c(OCC(F)(F)F)ccc(C(F)(F)F)n3n2)c1F. The van der Waals surface area contributed by atoms with Gasteiger partial charge in [0.1, 0.15) is 12.0 Å². The Bertz CT molecular complexity index is 1260. The van der Waals surface area contributed by atoms with Crippen molar-refractivity contribution in [1.29, 1.82) is 0 Å². The molecule has 1 aliphatic carbocycles. The molecule has 194 valence electrons. The lowest BCUT2D eigenvalue weighted by molar-refractivity contribution is -0.153. The normalized spacial score (nSPS) is 22.4. The molecule has 3 aromatic heterocycles. The maximum absolute atomic E-state index is 14.6. The number of nitrogens with zero attached hydrogens (tertiary/aromatic N) is 6. The topological polar surface area (TPSA) is 68.4 Å². The fourth-order valence-electron chi connectivity index (χ4n) is 5.27. The van der Waals surface area contributed by atoms with E-state index in [9.17, 15) is 30.7 Å². The summed E-state index contributed by atoms with van der Waals surface area (Å²) < 4.78 is 98.3. The smallest absolute Gasteiger partial charge is 0.433 e. The molecule has 2 aliphatic rings. The number of pyridine rings is 1. The first-order valence-corrected chi connectivity index (χ1v) is 11.3. The Balaban J connectivity index is 1.41. The van der Waals surface area contributed by atoms with Crippen LogP contribution >= 0.6 is 0 Å². The first kappa shape index (κ1) is 24.5. The van der Waals surface area contributed by atoms with Crippen molar-refractivity contribution in [3.05, 3.63) is 41.5 Å². The number of aryl methyl sites for hydroxylation is 1. The number of alkyl halides is 6. The van der Waals surface area contributed by atoms with Gasteiger partial charge in [0.15, 0.2) is 35.5 Å². The largest absolute Gasteiger partial charge is 0.480 e. The van der Waals surface area contributed by atoms with Crippen LogP contribution in [0.5, 0.6) is 5.75 Å². The van der Waals surface area contributed by atoms with Crippen LogP contribution in [0.1, 0.15) is 30.1 Å². The molecule has 2 bridgehead atoms. The second-order valence-corrected chi connectivity index (χ2v) is 9.22. The van der Waals surface area contributed by atoms with E-state index in [4.69, 9.17) is 4.74 Å². The van der Waals surface area contributed by atoms with Gasteiger partial charge < -0.3 is 9.64 Å². The first-order valence-electron chi connectivity index (χ1n) is 11.3. The summed E-state index contributed by atoms with van der Waals surface area (Å²) in [7, 11) is 0. The van der Waals surface area contributed by atoms with Crippen molar-refractivity contribution in [3.63, 3.8) is 0 Å². The van der Waals surface area contributed by atoms with Crippen molar-refractivity contribution in [1.82, 2.24) is 24.6 Å². The molecule has 5 rings (SSSR count). The van der Waals surface area contributed by atoms with Crippen molar-refractivity contribution >= 4 is 11.5 Å². The molecule has 3 aromatic rings. The summed E-state index contributed by atoms with van der Waals surface area (Å²) >= 11 is 0. The van der Waals surface area contributed by atoms with Crippen LogP contribution in [0.15, 0.2) is 18.5 Å². The van der Waals surface area contributed by atoms with Crippen molar-refractivity contribution in [2.75, 3.05) is 24.6 Å². The Morgan fingerprint density at radius 3 is 2.36 bits per heavy atom. The molecule has 14 heteroatoms. The van der Waals surface area contributed by atoms with Gasteiger partial charge in [-0.05, 0) is 49.7 Å². The maximum Gasteiger partial charge on any atom is 0.433 e. The van der Waals surface area contributed by atoms with Crippen LogP contribution in [0.2, 0.25) is 0 Å². The Labute approximate surface area is 200 Å². The zero-order valence-electron chi connectivity index (χ0n) is 18.9. The molecule has 3 atom stereocenters. The summed E-state index contributed by atoms with van der Waals surface area (Å²) in [5, 5.41) is 4.01. The summed E-state index contributed by atoms with van der Waals surface area (Å²) in [5.41, 5.74) is -1.34. The highest BCUT2D eigenvalue weighted by Crippen LogP contribution is 2.45. The van der Waals surface area contributed by atoms with E-state index in [0.717, 1.165) is 18.9 Å². The number of rotatable bonds is 5. The minimum absolute atomic E-state index is 0.0264. The molecule has 36 heavy (non-hydrogen) atoms. The standard InChI is InChI=1S/C22H21F7N6O/c1-11-18(23)20(31-10-30-11)34-7-12-2-3-13(8-34)14(12)6-17-32-19-15(36-9-21(24,25)26)4-5-16(22(27,28)29)35(19)33-17/h4-5,10,12-14H,2-3,6-9H2,1H3/t12-,13+,14?. The molecule has 0 aromatic carbocycles. The molecule has 1 saturated carbocycles. The van der Waals surface area contributed by atoms with E-state index in [1.165, 1.54) is 6.33 Å². The summed E-state index contributed by atoms with van der Waals surface area (Å²) in [5.74, 6) is -0.373. The third kappa shape index (κ3) is 4.64. The van der Waals surface area contributed by atoms with Gasteiger partial charge >= 0.3 is 12.4 Å². The summed E-state index contributed by atoms with van der Waals surface area (Å²) in [6, 6.07) is 1.44. The highest BCUT2D eigenvalue weighted by Gasteiger charge is 2.44. The zero-order valence-corrected chi connectivity index (χ0v) is 18.9. The number of aromatic nitrogens is 5. The predicted octanol–water partition coefficient (Wildman–Crippen LogP) is 4.63. The minimum Gasteiger partial charge on any atom is -0.480 e. The van der Waals surface area contributed by atoms with Crippen LogP contribution in [-0.4, -0.2) is 50.4 Å². The molecule has 0 radical (unpaired) electrons. The van der Waals surface area contributed by atoms with Crippen LogP contribution in [0.3, 0.4) is 0 Å². The van der Waals surface area contributed by atoms with Gasteiger partial charge in [0.05, 0.1) is 5.69 Å². The van der Waals surface area contributed by atoms with E-state index in [1.807, 2.05) is 4.90 Å². The second-order valence-electron chi connectivity index (χ2n) is 9.22. The van der Waals surface area contributed by atoms with E-state index in [-0.39, 0.29) is 41.5 Å². The fraction of sp³-hybridized carbons (Fsp3) is 0.545. The van der Waals surface area contributed by atoms with Gasteiger partial charge in [-0.15, -0.1) is 0 Å². The van der Waals surface area contributed by atoms with E-state index >= 15 is 0 Å². The van der Waals surface area contributed by atoms with Gasteiger partial charge in [0.2, 0.25) is 0 Å². The Morgan fingerprint density at radius 1 is 1.03 bits per heavy atom. The molecular weight excluding hydrogens is 497 g/mol. The van der Waals surface area contributed by atoms with Crippen molar-refractivity contribution in [3.8, 4) is 5.75 Å². The van der Waals surface area contributed by atoms with Gasteiger partial charge in [0.25, 0.3) is 0 Å². The molecule has 0 N–H and O–H groups in total. The zero-order chi connectivity index (χ0) is 25.8. The van der Waals surface area contributed by atoms with Crippen LogP contribution in [0.25, 0.3) is 5.65 Å². The Morgan fingerprint density at radius 2 is 1.72 bits per heavy atom. The molecule has 7 nitrogen and oxygen atoms in total. The number of hydrogen-bond donors (Lipinski definition) is 0. The highest BCUT2D eigenvalue weighted by atomic mass is 19.4. The number of anilines is 1. The number of hydrogen-bond acceptors (Lipinski definition) is 6. The van der Waals surface area contributed by atoms with Gasteiger partial charge in [-0.3, -0.25) is 0 Å². The average molecular weight is 518 g/mol. The Kier molecular flexibility index (Phi) is 5.94. The third-order valence-corrected chi connectivity index (χ3v) is 6.87. The summed E-state index contributed by atoms with van der Waals surface area (Å²) in [6.07, 6.45) is -6.23. The first-order chi connectivity index (χ1) is 16.9. The molecule has 1 saturated heterocycles. The van der Waals surface area contributed by atoms with Gasteiger partial charge in [-0.25, -0.2) is 23.9 Å². The number of halogens is 7. The lowest BCUT2D eigenvalue weighted by atomic mass is 9.82. The highest BCUT2D eigenvalue weighted by molar-refractivity contribution is 5.54. The van der Waals surface area contributed by atoms with E-state index < -0.39 is 41.9 Å². The maximum atomic E-state index is 14.6. The van der Waals surface area contributed by atoms with E-state index in [1.54, 1.807) is 6.92 Å². The van der Waals surface area contributed by atoms with Crippen LogP contribution in [0, 0.1) is 30.5 Å². The summed E-state index contributed by atoms with van der Waals surface area (Å²) in [6.45, 7) is 0.905. The third-order valence-electron chi connectivity index (χ3n) is 6.87. The monoisotopic (exact) mass is 518 g/mol. The molecule has 0 amide bonds. The molecule has 0 spiro atoms. The molecule has 4 heterocycles. The van der Waals surface area contributed by atoms with Gasteiger partial charge in [-0.1, -0.05) is 0 Å². The summed E-state index contributed by atoms with van der Waals surface area (Å²) in [4.78, 5) is 14.0. The molecule has 1 aliphatic heterocycles. The fourth-order valence-corrected chi connectivity index (χ4v) is 5.27. The predicted molar refractivity (Wildman–Crippen MR) is 112 cm³/mol. The lowest BCUT2D eigenvalue weighted by Crippen LogP contribution is -2.43. The lowest BCUT2D eigenvalue weighted by Gasteiger charge is -2.38. The molecule has 1 unspecified atom stereocenters. The van der Waals surface area contributed by atoms with Crippen LogP contribution in [-0.2, 0) is 12.6 Å². The van der Waals surface area contributed by atoms with Crippen LogP contribution in [0.4, 0.5) is 36.6 Å². The second kappa shape index (κ2) is 8.73. The van der Waals surface area contributed by atoms with Crippen LogP contribution < -0.4 is 9.64 Å². The number of ether oxygens (including phenoxy) is 1. The van der Waals surface area contributed by atoms with Gasteiger partial charge in [0, 0.05) is 19.5 Å². The Hall–Kier alpha value is -3.19. The minimum atomic E-state index is -4.80. The van der Waals surface area contributed by atoms with Crippen molar-refractivity contribution in [2.45, 2.75) is 38.5 Å². The molecule has 2 fully saturated rings. The van der Waals surface area contributed by atoms with E-state index in [0.29, 0.717) is 23.7 Å². The number of fused-ring (bicyclic) bond motifs is 3. The molecular formula is C22H21F7N6O.